The summed E-state index contributed by atoms with van der Waals surface area (Å²) in [5.74, 6) is 0.213. The van der Waals surface area contributed by atoms with Crippen LogP contribution in [0.3, 0.4) is 0 Å². The third-order valence-corrected chi connectivity index (χ3v) is 7.07. The first-order valence-electron chi connectivity index (χ1n) is 11.6. The molecule has 0 aliphatic carbocycles. The Hall–Kier alpha value is -3.31. The Bertz CT molecular complexity index is 1340. The molecule has 4 rings (SSSR count). The van der Waals surface area contributed by atoms with Gasteiger partial charge in [-0.1, -0.05) is 48.0 Å². The highest BCUT2D eigenvalue weighted by atomic mass is 127. The summed E-state index contributed by atoms with van der Waals surface area (Å²) in [7, 11) is 0. The van der Waals surface area contributed by atoms with Gasteiger partial charge in [0.25, 0.3) is 11.1 Å². The van der Waals surface area contributed by atoms with Gasteiger partial charge in [-0.05, 0) is 89.7 Å². The fraction of sp³-hybridized carbons (Fsp3) is 0.179. The molecule has 1 aliphatic rings. The van der Waals surface area contributed by atoms with Crippen molar-refractivity contribution in [3.63, 3.8) is 0 Å². The SMILES string of the molecule is CCOc1cc(C=C2SC(=O)N(CC(=O)Nc3ccc(C)cc3)C2=O)cc(I)c1OCc1ccccc1. The number of rotatable bonds is 9. The highest BCUT2D eigenvalue weighted by molar-refractivity contribution is 14.1. The van der Waals surface area contributed by atoms with Gasteiger partial charge in [0.2, 0.25) is 5.91 Å². The highest BCUT2D eigenvalue weighted by Crippen LogP contribution is 2.38. The van der Waals surface area contributed by atoms with E-state index in [1.54, 1.807) is 24.3 Å². The minimum Gasteiger partial charge on any atom is -0.490 e. The molecular formula is C28H25IN2O5S. The molecule has 0 radical (unpaired) electrons. The largest absolute Gasteiger partial charge is 0.490 e. The maximum absolute atomic E-state index is 13.0. The van der Waals surface area contributed by atoms with E-state index >= 15 is 0 Å². The Morgan fingerprint density at radius 1 is 1.05 bits per heavy atom. The lowest BCUT2D eigenvalue weighted by molar-refractivity contribution is -0.127. The van der Waals surface area contributed by atoms with Crippen LogP contribution in [0.1, 0.15) is 23.6 Å². The van der Waals surface area contributed by atoms with Crippen LogP contribution in [0.25, 0.3) is 6.08 Å². The van der Waals surface area contributed by atoms with Crippen LogP contribution in [-0.4, -0.2) is 35.1 Å². The molecule has 0 spiro atoms. The van der Waals surface area contributed by atoms with E-state index in [0.29, 0.717) is 36.0 Å². The first-order chi connectivity index (χ1) is 17.8. The molecule has 0 bridgehead atoms. The molecule has 3 aromatic rings. The smallest absolute Gasteiger partial charge is 0.294 e. The first kappa shape index (κ1) is 26.7. The number of imide groups is 1. The zero-order chi connectivity index (χ0) is 26.4. The van der Waals surface area contributed by atoms with Crippen molar-refractivity contribution in [1.29, 1.82) is 0 Å². The predicted molar refractivity (Wildman–Crippen MR) is 154 cm³/mol. The summed E-state index contributed by atoms with van der Waals surface area (Å²) >= 11 is 2.97. The second kappa shape index (κ2) is 12.3. The molecule has 9 heteroatoms. The summed E-state index contributed by atoms with van der Waals surface area (Å²) in [5, 5.41) is 2.23. The van der Waals surface area contributed by atoms with Crippen LogP contribution in [0.5, 0.6) is 11.5 Å². The van der Waals surface area contributed by atoms with Gasteiger partial charge < -0.3 is 14.8 Å². The van der Waals surface area contributed by atoms with Gasteiger partial charge in [0.05, 0.1) is 15.1 Å². The lowest BCUT2D eigenvalue weighted by atomic mass is 10.1. The normalized spacial score (nSPS) is 14.2. The number of amides is 3. The molecular weight excluding hydrogens is 603 g/mol. The quantitative estimate of drug-likeness (QED) is 0.223. The van der Waals surface area contributed by atoms with Crippen molar-refractivity contribution in [2.24, 2.45) is 0 Å². The number of thioether (sulfide) groups is 1. The average molecular weight is 628 g/mol. The van der Waals surface area contributed by atoms with Crippen LogP contribution in [-0.2, 0) is 16.2 Å². The van der Waals surface area contributed by atoms with E-state index in [-0.39, 0.29) is 11.4 Å². The number of ether oxygens (including phenoxy) is 2. The molecule has 7 nitrogen and oxygen atoms in total. The van der Waals surface area contributed by atoms with Crippen LogP contribution in [0.15, 0.2) is 71.6 Å². The third-order valence-electron chi connectivity index (χ3n) is 5.37. The summed E-state index contributed by atoms with van der Waals surface area (Å²) in [4.78, 5) is 39.1. The molecule has 1 N–H and O–H groups in total. The Morgan fingerprint density at radius 3 is 2.49 bits per heavy atom. The van der Waals surface area contributed by atoms with Crippen LogP contribution >= 0.6 is 34.4 Å². The second-order valence-electron chi connectivity index (χ2n) is 8.22. The molecule has 0 atom stereocenters. The molecule has 1 saturated heterocycles. The van der Waals surface area contributed by atoms with Crippen molar-refractivity contribution in [2.75, 3.05) is 18.5 Å². The number of aryl methyl sites for hydroxylation is 1. The van der Waals surface area contributed by atoms with Gasteiger partial charge in [-0.25, -0.2) is 0 Å². The van der Waals surface area contributed by atoms with E-state index in [0.717, 1.165) is 31.4 Å². The lowest BCUT2D eigenvalue weighted by Crippen LogP contribution is -2.36. The van der Waals surface area contributed by atoms with Crippen LogP contribution in [0.2, 0.25) is 0 Å². The number of hydrogen-bond acceptors (Lipinski definition) is 6. The van der Waals surface area contributed by atoms with Gasteiger partial charge >= 0.3 is 0 Å². The molecule has 1 aliphatic heterocycles. The molecule has 0 aromatic heterocycles. The van der Waals surface area contributed by atoms with Gasteiger partial charge in [-0.15, -0.1) is 0 Å². The van der Waals surface area contributed by atoms with Gasteiger partial charge in [-0.2, -0.15) is 0 Å². The molecule has 190 valence electrons. The highest BCUT2D eigenvalue weighted by Gasteiger charge is 2.36. The standard InChI is InChI=1S/C28H25IN2O5S/c1-3-35-23-14-20(13-22(29)26(23)36-17-19-7-5-4-6-8-19)15-24-27(33)31(28(34)37-24)16-25(32)30-21-11-9-18(2)10-12-21/h4-15H,3,16-17H2,1-2H3,(H,30,32). The molecule has 1 fully saturated rings. The minimum atomic E-state index is -0.508. The van der Waals surface area contributed by atoms with Crippen molar-refractivity contribution in [2.45, 2.75) is 20.5 Å². The van der Waals surface area contributed by atoms with E-state index in [4.69, 9.17) is 9.47 Å². The number of nitrogens with one attached hydrogen (secondary N) is 1. The third kappa shape index (κ3) is 6.92. The minimum absolute atomic E-state index is 0.240. The molecule has 37 heavy (non-hydrogen) atoms. The number of nitrogens with zero attached hydrogens (tertiary/aromatic N) is 1. The monoisotopic (exact) mass is 628 g/mol. The van der Waals surface area contributed by atoms with Crippen molar-refractivity contribution < 1.29 is 23.9 Å². The topological polar surface area (TPSA) is 84.9 Å². The summed E-state index contributed by atoms with van der Waals surface area (Å²) in [5.41, 5.74) is 3.39. The summed E-state index contributed by atoms with van der Waals surface area (Å²) < 4.78 is 12.7. The van der Waals surface area contributed by atoms with Crippen LogP contribution in [0, 0.1) is 10.5 Å². The first-order valence-corrected chi connectivity index (χ1v) is 13.5. The zero-order valence-corrected chi connectivity index (χ0v) is 23.3. The van der Waals surface area contributed by atoms with E-state index in [1.165, 1.54) is 0 Å². The number of halogens is 1. The van der Waals surface area contributed by atoms with Crippen molar-refractivity contribution in [3.05, 3.63) is 91.9 Å². The molecule has 0 saturated carbocycles. The average Bonchev–Trinajstić information content (AvgIpc) is 3.13. The van der Waals surface area contributed by atoms with E-state index in [2.05, 4.69) is 27.9 Å². The maximum atomic E-state index is 13.0. The Balaban J connectivity index is 1.48. The fourth-order valence-corrected chi connectivity index (χ4v) is 5.19. The Kier molecular flexibility index (Phi) is 8.88. The predicted octanol–water partition coefficient (Wildman–Crippen LogP) is 6.25. The lowest BCUT2D eigenvalue weighted by Gasteiger charge is -2.15. The van der Waals surface area contributed by atoms with Crippen molar-refractivity contribution >= 4 is 63.2 Å². The van der Waals surface area contributed by atoms with E-state index in [1.807, 2.05) is 62.4 Å². The van der Waals surface area contributed by atoms with Crippen molar-refractivity contribution in [3.8, 4) is 11.5 Å². The van der Waals surface area contributed by atoms with E-state index < -0.39 is 17.1 Å². The van der Waals surface area contributed by atoms with Crippen LogP contribution < -0.4 is 14.8 Å². The molecule has 1 heterocycles. The number of benzene rings is 3. The van der Waals surface area contributed by atoms with Crippen molar-refractivity contribution in [1.82, 2.24) is 4.90 Å². The van der Waals surface area contributed by atoms with Gasteiger partial charge in [0.15, 0.2) is 11.5 Å². The second-order valence-corrected chi connectivity index (χ2v) is 10.4. The summed E-state index contributed by atoms with van der Waals surface area (Å²) in [6.45, 7) is 4.30. The Labute approximate surface area is 233 Å². The molecule has 3 aromatic carbocycles. The zero-order valence-electron chi connectivity index (χ0n) is 20.3. The van der Waals surface area contributed by atoms with Gasteiger partial charge in [-0.3, -0.25) is 19.3 Å². The fourth-order valence-electron chi connectivity index (χ4n) is 3.57. The molecule has 0 unspecified atom stereocenters. The number of carbonyl (C=O) groups is 3. The number of carbonyl (C=O) groups excluding carboxylic acids is 3. The van der Waals surface area contributed by atoms with Crippen LogP contribution in [0.4, 0.5) is 10.5 Å². The molecule has 3 amide bonds. The number of hydrogen-bond donors (Lipinski definition) is 1. The number of anilines is 1. The summed E-state index contributed by atoms with van der Waals surface area (Å²) in [6.07, 6.45) is 1.63. The van der Waals surface area contributed by atoms with Gasteiger partial charge in [0.1, 0.15) is 13.2 Å². The van der Waals surface area contributed by atoms with E-state index in [9.17, 15) is 14.4 Å². The van der Waals surface area contributed by atoms with Gasteiger partial charge in [0, 0.05) is 5.69 Å². The summed E-state index contributed by atoms with van der Waals surface area (Å²) in [6, 6.07) is 20.7. The Morgan fingerprint density at radius 2 is 1.78 bits per heavy atom. The maximum Gasteiger partial charge on any atom is 0.294 e.